The van der Waals surface area contributed by atoms with Crippen molar-refractivity contribution in [2.75, 3.05) is 37.0 Å². The third-order valence-electron chi connectivity index (χ3n) is 4.67. The second-order valence-corrected chi connectivity index (χ2v) is 6.54. The molecular weight excluding hydrogens is 326 g/mol. The van der Waals surface area contributed by atoms with Crippen molar-refractivity contribution in [2.24, 2.45) is 0 Å². The Labute approximate surface area is 155 Å². The van der Waals surface area contributed by atoms with Gasteiger partial charge < -0.3 is 20.3 Å². The van der Waals surface area contributed by atoms with Gasteiger partial charge in [0, 0.05) is 44.0 Å². The molecule has 0 radical (unpaired) electrons. The van der Waals surface area contributed by atoms with Crippen LogP contribution < -0.4 is 20.3 Å². The second-order valence-electron chi connectivity index (χ2n) is 6.54. The Bertz CT molecular complexity index is 692. The van der Waals surface area contributed by atoms with Gasteiger partial charge in [0.15, 0.2) is 0 Å². The highest BCUT2D eigenvalue weighted by Gasteiger charge is 2.11. The van der Waals surface area contributed by atoms with Gasteiger partial charge in [0.1, 0.15) is 5.75 Å². The highest BCUT2D eigenvalue weighted by molar-refractivity contribution is 5.76. The molecule has 0 unspecified atom stereocenters. The number of nitrogens with zero attached hydrogens (tertiary/aromatic N) is 1. The standard InChI is InChI=1S/C21H27N3O2/c1-26-20-10-4-17(5-11-20)16-23-21(25)12-13-22-18-6-8-19(9-7-18)24-14-2-3-15-24/h4-11,22H,2-3,12-16H2,1H3,(H,23,25). The highest BCUT2D eigenvalue weighted by atomic mass is 16.5. The van der Waals surface area contributed by atoms with Gasteiger partial charge in [0.05, 0.1) is 7.11 Å². The first-order chi connectivity index (χ1) is 12.7. The van der Waals surface area contributed by atoms with E-state index in [1.165, 1.54) is 18.5 Å². The molecule has 0 atom stereocenters. The van der Waals surface area contributed by atoms with Gasteiger partial charge in [0.25, 0.3) is 0 Å². The van der Waals surface area contributed by atoms with E-state index in [1.807, 2.05) is 24.3 Å². The number of amides is 1. The van der Waals surface area contributed by atoms with Crippen LogP contribution >= 0.6 is 0 Å². The van der Waals surface area contributed by atoms with Gasteiger partial charge in [-0.05, 0) is 54.8 Å². The maximum atomic E-state index is 12.0. The zero-order chi connectivity index (χ0) is 18.2. The maximum Gasteiger partial charge on any atom is 0.222 e. The Morgan fingerprint density at radius 1 is 1.04 bits per heavy atom. The van der Waals surface area contributed by atoms with E-state index >= 15 is 0 Å². The Kier molecular flexibility index (Phi) is 6.36. The number of nitrogens with one attached hydrogen (secondary N) is 2. The van der Waals surface area contributed by atoms with E-state index in [1.54, 1.807) is 7.11 Å². The summed E-state index contributed by atoms with van der Waals surface area (Å²) in [5.41, 5.74) is 3.39. The lowest BCUT2D eigenvalue weighted by atomic mass is 10.2. The van der Waals surface area contributed by atoms with Gasteiger partial charge in [-0.25, -0.2) is 0 Å². The number of anilines is 2. The number of hydrogen-bond donors (Lipinski definition) is 2. The van der Waals surface area contributed by atoms with Crippen LogP contribution in [0.2, 0.25) is 0 Å². The van der Waals surface area contributed by atoms with Crippen molar-refractivity contribution in [1.29, 1.82) is 0 Å². The Hall–Kier alpha value is -2.69. The van der Waals surface area contributed by atoms with Crippen LogP contribution in [0.1, 0.15) is 24.8 Å². The summed E-state index contributed by atoms with van der Waals surface area (Å²) in [7, 11) is 1.64. The fourth-order valence-corrected chi connectivity index (χ4v) is 3.12. The molecule has 26 heavy (non-hydrogen) atoms. The van der Waals surface area contributed by atoms with Crippen LogP contribution in [-0.4, -0.2) is 32.7 Å². The third-order valence-corrected chi connectivity index (χ3v) is 4.67. The fourth-order valence-electron chi connectivity index (χ4n) is 3.12. The van der Waals surface area contributed by atoms with Crippen molar-refractivity contribution in [3.8, 4) is 5.75 Å². The van der Waals surface area contributed by atoms with Crippen molar-refractivity contribution in [2.45, 2.75) is 25.8 Å². The molecule has 1 aliphatic heterocycles. The van der Waals surface area contributed by atoms with Gasteiger partial charge in [-0.1, -0.05) is 12.1 Å². The van der Waals surface area contributed by atoms with Crippen LogP contribution in [-0.2, 0) is 11.3 Å². The summed E-state index contributed by atoms with van der Waals surface area (Å²) in [6, 6.07) is 16.2. The highest BCUT2D eigenvalue weighted by Crippen LogP contribution is 2.21. The number of rotatable bonds is 8. The molecule has 1 amide bonds. The van der Waals surface area contributed by atoms with Crippen LogP contribution in [0.15, 0.2) is 48.5 Å². The minimum Gasteiger partial charge on any atom is -0.497 e. The van der Waals surface area contributed by atoms with Crippen LogP contribution in [0.25, 0.3) is 0 Å². The van der Waals surface area contributed by atoms with Crippen molar-refractivity contribution in [3.05, 3.63) is 54.1 Å². The lowest BCUT2D eigenvalue weighted by Crippen LogP contribution is -2.24. The van der Waals surface area contributed by atoms with E-state index in [0.717, 1.165) is 30.1 Å². The lowest BCUT2D eigenvalue weighted by molar-refractivity contribution is -0.121. The van der Waals surface area contributed by atoms with Crippen molar-refractivity contribution >= 4 is 17.3 Å². The average Bonchev–Trinajstić information content (AvgIpc) is 3.22. The van der Waals surface area contributed by atoms with Gasteiger partial charge in [0.2, 0.25) is 5.91 Å². The molecule has 2 aromatic rings. The number of methoxy groups -OCH3 is 1. The molecule has 1 fully saturated rings. The van der Waals surface area contributed by atoms with E-state index in [2.05, 4.69) is 39.8 Å². The fraction of sp³-hybridized carbons (Fsp3) is 0.381. The minimum absolute atomic E-state index is 0.0435. The zero-order valence-electron chi connectivity index (χ0n) is 15.3. The molecule has 0 aliphatic carbocycles. The molecule has 2 aromatic carbocycles. The SMILES string of the molecule is COc1ccc(CNC(=O)CCNc2ccc(N3CCCC3)cc2)cc1. The monoisotopic (exact) mass is 353 g/mol. The Balaban J connectivity index is 1.36. The predicted molar refractivity (Wildman–Crippen MR) is 106 cm³/mol. The second kappa shape index (κ2) is 9.13. The molecule has 5 heteroatoms. The van der Waals surface area contributed by atoms with E-state index in [4.69, 9.17) is 4.74 Å². The molecule has 0 saturated carbocycles. The van der Waals surface area contributed by atoms with Crippen LogP contribution in [0.4, 0.5) is 11.4 Å². The van der Waals surface area contributed by atoms with Gasteiger partial charge >= 0.3 is 0 Å². The number of ether oxygens (including phenoxy) is 1. The summed E-state index contributed by atoms with van der Waals surface area (Å²) in [5.74, 6) is 0.863. The van der Waals surface area contributed by atoms with E-state index in [0.29, 0.717) is 19.5 Å². The maximum absolute atomic E-state index is 12.0. The average molecular weight is 353 g/mol. The summed E-state index contributed by atoms with van der Waals surface area (Å²) in [6.45, 7) is 3.47. The van der Waals surface area contributed by atoms with Crippen LogP contribution in [0, 0.1) is 0 Å². The van der Waals surface area contributed by atoms with Crippen molar-refractivity contribution in [3.63, 3.8) is 0 Å². The first kappa shape index (κ1) is 18.1. The van der Waals surface area contributed by atoms with Crippen molar-refractivity contribution < 1.29 is 9.53 Å². The number of carbonyl (C=O) groups is 1. The van der Waals surface area contributed by atoms with E-state index in [9.17, 15) is 4.79 Å². The van der Waals surface area contributed by atoms with Crippen LogP contribution in [0.3, 0.4) is 0 Å². The van der Waals surface area contributed by atoms with Gasteiger partial charge in [-0.2, -0.15) is 0 Å². The molecule has 0 aromatic heterocycles. The molecule has 1 saturated heterocycles. The molecular formula is C21H27N3O2. The minimum atomic E-state index is 0.0435. The third kappa shape index (κ3) is 5.15. The van der Waals surface area contributed by atoms with E-state index in [-0.39, 0.29) is 5.91 Å². The quantitative estimate of drug-likeness (QED) is 0.764. The number of hydrogen-bond acceptors (Lipinski definition) is 4. The molecule has 5 nitrogen and oxygen atoms in total. The molecule has 138 valence electrons. The Morgan fingerprint density at radius 3 is 2.38 bits per heavy atom. The topological polar surface area (TPSA) is 53.6 Å². The van der Waals surface area contributed by atoms with Crippen molar-refractivity contribution in [1.82, 2.24) is 5.32 Å². The number of benzene rings is 2. The summed E-state index contributed by atoms with van der Waals surface area (Å²) in [6.07, 6.45) is 3.02. The first-order valence-corrected chi connectivity index (χ1v) is 9.23. The van der Waals surface area contributed by atoms with Gasteiger partial charge in [-0.3, -0.25) is 4.79 Å². The zero-order valence-corrected chi connectivity index (χ0v) is 15.3. The van der Waals surface area contributed by atoms with Crippen LogP contribution in [0.5, 0.6) is 5.75 Å². The van der Waals surface area contributed by atoms with Gasteiger partial charge in [-0.15, -0.1) is 0 Å². The smallest absolute Gasteiger partial charge is 0.222 e. The lowest BCUT2D eigenvalue weighted by Gasteiger charge is -2.18. The normalized spacial score (nSPS) is 13.5. The molecule has 2 N–H and O–H groups in total. The Morgan fingerprint density at radius 2 is 1.73 bits per heavy atom. The molecule has 3 rings (SSSR count). The summed E-state index contributed by atoms with van der Waals surface area (Å²) < 4.78 is 5.13. The van der Waals surface area contributed by atoms with E-state index < -0.39 is 0 Å². The largest absolute Gasteiger partial charge is 0.497 e. The number of carbonyl (C=O) groups excluding carboxylic acids is 1. The summed E-state index contributed by atoms with van der Waals surface area (Å²) >= 11 is 0. The predicted octanol–water partition coefficient (Wildman–Crippen LogP) is 3.41. The first-order valence-electron chi connectivity index (χ1n) is 9.23. The molecule has 1 aliphatic rings. The summed E-state index contributed by atoms with van der Waals surface area (Å²) in [5, 5.41) is 6.25. The summed E-state index contributed by atoms with van der Waals surface area (Å²) in [4.78, 5) is 14.4. The molecule has 1 heterocycles. The molecule has 0 spiro atoms. The molecule has 0 bridgehead atoms.